The lowest BCUT2D eigenvalue weighted by molar-refractivity contribution is 0.102. The van der Waals surface area contributed by atoms with E-state index in [-0.39, 0.29) is 5.91 Å². The Hall–Kier alpha value is -2.04. The van der Waals surface area contributed by atoms with Crippen LogP contribution in [-0.2, 0) is 6.54 Å². The van der Waals surface area contributed by atoms with Gasteiger partial charge in [-0.25, -0.2) is 4.68 Å². The van der Waals surface area contributed by atoms with Crippen LogP contribution in [0.3, 0.4) is 0 Å². The highest BCUT2D eigenvalue weighted by atomic mass is 16.3. The van der Waals surface area contributed by atoms with Gasteiger partial charge >= 0.3 is 0 Å². The summed E-state index contributed by atoms with van der Waals surface area (Å²) in [6, 6.07) is 3.39. The van der Waals surface area contributed by atoms with E-state index in [1.807, 2.05) is 0 Å². The lowest BCUT2D eigenvalue weighted by atomic mass is 10.3. The zero-order valence-electron chi connectivity index (χ0n) is 9.01. The Morgan fingerprint density at radius 2 is 2.44 bits per heavy atom. The van der Waals surface area contributed by atoms with Crippen molar-refractivity contribution in [1.29, 1.82) is 0 Å². The molecule has 2 heterocycles. The molecule has 0 aromatic carbocycles. The first kappa shape index (κ1) is 10.5. The second-order valence-corrected chi connectivity index (χ2v) is 3.41. The topological polar surface area (TPSA) is 60.1 Å². The van der Waals surface area contributed by atoms with Gasteiger partial charge in [-0.15, -0.1) is 0 Å². The van der Waals surface area contributed by atoms with Gasteiger partial charge in [0.25, 0.3) is 5.91 Å². The van der Waals surface area contributed by atoms with Gasteiger partial charge < -0.3 is 9.73 Å². The largest absolute Gasteiger partial charge is 0.472 e. The second-order valence-electron chi connectivity index (χ2n) is 3.41. The SMILES string of the molecule is CCCn1nccc1NC(=O)c1ccoc1. The van der Waals surface area contributed by atoms with E-state index in [0.717, 1.165) is 13.0 Å². The number of aromatic nitrogens is 2. The van der Waals surface area contributed by atoms with Gasteiger partial charge in [-0.05, 0) is 12.5 Å². The summed E-state index contributed by atoms with van der Waals surface area (Å²) in [5.41, 5.74) is 0.504. The molecule has 0 aliphatic heterocycles. The molecule has 16 heavy (non-hydrogen) atoms. The molecule has 0 atom stereocenters. The molecule has 0 aliphatic carbocycles. The third-order valence-corrected chi connectivity index (χ3v) is 2.18. The predicted molar refractivity (Wildman–Crippen MR) is 59.2 cm³/mol. The number of nitrogens with one attached hydrogen (secondary N) is 1. The molecule has 0 unspecified atom stereocenters. The lowest BCUT2D eigenvalue weighted by Crippen LogP contribution is -2.15. The number of anilines is 1. The van der Waals surface area contributed by atoms with E-state index in [4.69, 9.17) is 4.42 Å². The molecule has 0 radical (unpaired) electrons. The summed E-state index contributed by atoms with van der Waals surface area (Å²) in [7, 11) is 0. The van der Waals surface area contributed by atoms with Crippen molar-refractivity contribution in [1.82, 2.24) is 9.78 Å². The number of hydrogen-bond acceptors (Lipinski definition) is 3. The Morgan fingerprint density at radius 3 is 3.12 bits per heavy atom. The summed E-state index contributed by atoms with van der Waals surface area (Å²) in [4.78, 5) is 11.7. The highest BCUT2D eigenvalue weighted by Crippen LogP contribution is 2.09. The maximum atomic E-state index is 11.7. The van der Waals surface area contributed by atoms with Crippen molar-refractivity contribution in [3.8, 4) is 0 Å². The molecule has 84 valence electrons. The quantitative estimate of drug-likeness (QED) is 0.856. The van der Waals surface area contributed by atoms with Gasteiger partial charge in [-0.1, -0.05) is 6.92 Å². The third-order valence-electron chi connectivity index (χ3n) is 2.18. The van der Waals surface area contributed by atoms with Crippen LogP contribution in [0.25, 0.3) is 0 Å². The second kappa shape index (κ2) is 4.65. The molecule has 0 bridgehead atoms. The molecule has 2 aromatic heterocycles. The average molecular weight is 219 g/mol. The fraction of sp³-hybridized carbons (Fsp3) is 0.273. The van der Waals surface area contributed by atoms with Gasteiger partial charge in [0, 0.05) is 12.6 Å². The van der Waals surface area contributed by atoms with Crippen molar-refractivity contribution in [2.24, 2.45) is 0 Å². The lowest BCUT2D eigenvalue weighted by Gasteiger charge is -2.06. The van der Waals surface area contributed by atoms with E-state index in [1.165, 1.54) is 12.5 Å². The average Bonchev–Trinajstić information content (AvgIpc) is 2.90. The minimum atomic E-state index is -0.188. The molecular weight excluding hydrogens is 206 g/mol. The van der Waals surface area contributed by atoms with E-state index < -0.39 is 0 Å². The van der Waals surface area contributed by atoms with Crippen LogP contribution in [0, 0.1) is 0 Å². The van der Waals surface area contributed by atoms with E-state index in [2.05, 4.69) is 17.3 Å². The van der Waals surface area contributed by atoms with E-state index >= 15 is 0 Å². The standard InChI is InChI=1S/C11H13N3O2/c1-2-6-14-10(3-5-12-14)13-11(15)9-4-7-16-8-9/h3-5,7-8H,2,6H2,1H3,(H,13,15). The summed E-state index contributed by atoms with van der Waals surface area (Å²) < 4.78 is 6.61. The van der Waals surface area contributed by atoms with E-state index in [0.29, 0.717) is 11.4 Å². The summed E-state index contributed by atoms with van der Waals surface area (Å²) in [5, 5.41) is 6.90. The molecular formula is C11H13N3O2. The molecule has 0 spiro atoms. The van der Waals surface area contributed by atoms with Crippen LogP contribution in [0.5, 0.6) is 0 Å². The van der Waals surface area contributed by atoms with Crippen LogP contribution in [0.2, 0.25) is 0 Å². The molecule has 2 aromatic rings. The maximum Gasteiger partial charge on any atom is 0.260 e. The molecule has 1 N–H and O–H groups in total. The van der Waals surface area contributed by atoms with Gasteiger partial charge in [0.2, 0.25) is 0 Å². The minimum absolute atomic E-state index is 0.188. The zero-order chi connectivity index (χ0) is 11.4. The Bertz CT molecular complexity index is 459. The summed E-state index contributed by atoms with van der Waals surface area (Å²) >= 11 is 0. The van der Waals surface area contributed by atoms with Crippen LogP contribution < -0.4 is 5.32 Å². The van der Waals surface area contributed by atoms with Crippen molar-refractivity contribution >= 4 is 11.7 Å². The molecule has 2 rings (SSSR count). The normalized spacial score (nSPS) is 10.3. The monoisotopic (exact) mass is 219 g/mol. The van der Waals surface area contributed by atoms with E-state index in [1.54, 1.807) is 23.0 Å². The van der Waals surface area contributed by atoms with Crippen molar-refractivity contribution in [2.45, 2.75) is 19.9 Å². The van der Waals surface area contributed by atoms with Crippen LogP contribution in [0.1, 0.15) is 23.7 Å². The van der Waals surface area contributed by atoms with Gasteiger partial charge in [-0.3, -0.25) is 4.79 Å². The van der Waals surface area contributed by atoms with Crippen LogP contribution >= 0.6 is 0 Å². The maximum absolute atomic E-state index is 11.7. The first-order valence-corrected chi connectivity index (χ1v) is 5.16. The third kappa shape index (κ3) is 2.13. The van der Waals surface area contributed by atoms with Gasteiger partial charge in [0.1, 0.15) is 12.1 Å². The summed E-state index contributed by atoms with van der Waals surface area (Å²) in [6.45, 7) is 2.84. The zero-order valence-corrected chi connectivity index (χ0v) is 9.01. The number of amides is 1. The summed E-state index contributed by atoms with van der Waals surface area (Å²) in [5.74, 6) is 0.514. The molecule has 1 amide bonds. The predicted octanol–water partition coefficient (Wildman–Crippen LogP) is 2.14. The van der Waals surface area contributed by atoms with Crippen molar-refractivity contribution < 1.29 is 9.21 Å². The van der Waals surface area contributed by atoms with Crippen molar-refractivity contribution in [2.75, 3.05) is 5.32 Å². The fourth-order valence-corrected chi connectivity index (χ4v) is 1.41. The molecule has 5 heteroatoms. The highest BCUT2D eigenvalue weighted by Gasteiger charge is 2.09. The van der Waals surface area contributed by atoms with Crippen LogP contribution in [0.15, 0.2) is 35.3 Å². The molecule has 0 aliphatic rings. The Balaban J connectivity index is 2.09. The smallest absolute Gasteiger partial charge is 0.260 e. The molecule has 0 fully saturated rings. The number of nitrogens with zero attached hydrogens (tertiary/aromatic N) is 2. The Morgan fingerprint density at radius 1 is 1.56 bits per heavy atom. The molecule has 0 saturated heterocycles. The molecule has 0 saturated carbocycles. The fourth-order valence-electron chi connectivity index (χ4n) is 1.41. The number of carbonyl (C=O) groups is 1. The van der Waals surface area contributed by atoms with Crippen LogP contribution in [-0.4, -0.2) is 15.7 Å². The number of aryl methyl sites for hydroxylation is 1. The van der Waals surface area contributed by atoms with Crippen LogP contribution in [0.4, 0.5) is 5.82 Å². The highest BCUT2D eigenvalue weighted by molar-refractivity contribution is 6.03. The number of carbonyl (C=O) groups excluding carboxylic acids is 1. The first-order valence-electron chi connectivity index (χ1n) is 5.16. The van der Waals surface area contributed by atoms with E-state index in [9.17, 15) is 4.79 Å². The van der Waals surface area contributed by atoms with Crippen molar-refractivity contribution in [3.05, 3.63) is 36.4 Å². The molecule has 5 nitrogen and oxygen atoms in total. The Kier molecular flexibility index (Phi) is 3.05. The number of rotatable bonds is 4. The van der Waals surface area contributed by atoms with Gasteiger partial charge in [-0.2, -0.15) is 5.10 Å². The minimum Gasteiger partial charge on any atom is -0.472 e. The summed E-state index contributed by atoms with van der Waals surface area (Å²) in [6.07, 6.45) is 5.52. The number of hydrogen-bond donors (Lipinski definition) is 1. The van der Waals surface area contributed by atoms with Crippen molar-refractivity contribution in [3.63, 3.8) is 0 Å². The van der Waals surface area contributed by atoms with Gasteiger partial charge in [0.05, 0.1) is 18.0 Å². The first-order chi connectivity index (χ1) is 7.81. The van der Waals surface area contributed by atoms with Gasteiger partial charge in [0.15, 0.2) is 0 Å². The number of furan rings is 1. The Labute approximate surface area is 93.1 Å².